The van der Waals surface area contributed by atoms with Crippen molar-refractivity contribution in [3.05, 3.63) is 29.8 Å². The highest BCUT2D eigenvalue weighted by Gasteiger charge is 2.17. The molecule has 1 aromatic carbocycles. The Labute approximate surface area is 140 Å². The second kappa shape index (κ2) is 8.67. The molecule has 0 bridgehead atoms. The number of benzene rings is 1. The molecule has 0 amide bonds. The van der Waals surface area contributed by atoms with E-state index in [0.29, 0.717) is 0 Å². The van der Waals surface area contributed by atoms with E-state index in [4.69, 9.17) is 4.74 Å². The fraction of sp³-hybridized carbons (Fsp3) is 0.684. The summed E-state index contributed by atoms with van der Waals surface area (Å²) < 4.78 is 5.47. The standard InChI is InChI=1S/C19H31N3O/c1-17-6-4-5-10-21(17)11-9-20-16-18-7-2-3-8-19(18)22-12-14-23-15-13-22/h2-3,7-8,17,20H,4-6,9-16H2,1H3/t17-/m1/s1. The predicted octanol–water partition coefficient (Wildman–Crippen LogP) is 2.49. The minimum Gasteiger partial charge on any atom is -0.378 e. The average Bonchev–Trinajstić information content (AvgIpc) is 2.61. The minimum atomic E-state index is 0.756. The topological polar surface area (TPSA) is 27.7 Å². The normalized spacial score (nSPS) is 23.2. The molecular weight excluding hydrogens is 286 g/mol. The largest absolute Gasteiger partial charge is 0.378 e. The second-order valence-corrected chi connectivity index (χ2v) is 6.79. The molecule has 4 heteroatoms. The van der Waals surface area contributed by atoms with Crippen LogP contribution in [0, 0.1) is 0 Å². The first-order valence-electron chi connectivity index (χ1n) is 9.20. The van der Waals surface area contributed by atoms with E-state index >= 15 is 0 Å². The number of rotatable bonds is 6. The molecule has 0 aromatic heterocycles. The number of anilines is 1. The molecule has 2 heterocycles. The number of para-hydroxylation sites is 1. The molecule has 0 unspecified atom stereocenters. The van der Waals surface area contributed by atoms with Crippen molar-refractivity contribution < 1.29 is 4.74 Å². The lowest BCUT2D eigenvalue weighted by molar-refractivity contribution is 0.122. The van der Waals surface area contributed by atoms with Crippen molar-refractivity contribution in [2.45, 2.75) is 38.8 Å². The molecule has 1 aromatic rings. The Bertz CT molecular complexity index is 473. The zero-order valence-corrected chi connectivity index (χ0v) is 14.5. The van der Waals surface area contributed by atoms with Gasteiger partial charge in [-0.05, 0) is 37.9 Å². The van der Waals surface area contributed by atoms with E-state index in [0.717, 1.165) is 45.4 Å². The van der Waals surface area contributed by atoms with Crippen molar-refractivity contribution in [1.29, 1.82) is 0 Å². The molecule has 2 aliphatic rings. The monoisotopic (exact) mass is 317 g/mol. The lowest BCUT2D eigenvalue weighted by Crippen LogP contribution is -2.41. The van der Waals surface area contributed by atoms with Gasteiger partial charge in [0.25, 0.3) is 0 Å². The first-order valence-corrected chi connectivity index (χ1v) is 9.20. The van der Waals surface area contributed by atoms with Crippen molar-refractivity contribution in [2.75, 3.05) is 50.8 Å². The van der Waals surface area contributed by atoms with Gasteiger partial charge in [-0.25, -0.2) is 0 Å². The third kappa shape index (κ3) is 4.69. The molecule has 2 fully saturated rings. The van der Waals surface area contributed by atoms with Crippen LogP contribution in [0.5, 0.6) is 0 Å². The molecule has 0 radical (unpaired) electrons. The lowest BCUT2D eigenvalue weighted by Gasteiger charge is -2.33. The third-order valence-electron chi connectivity index (χ3n) is 5.18. The van der Waals surface area contributed by atoms with Gasteiger partial charge in [-0.2, -0.15) is 0 Å². The molecule has 0 saturated carbocycles. The summed E-state index contributed by atoms with van der Waals surface area (Å²) in [6.07, 6.45) is 4.13. The number of piperidine rings is 1. The van der Waals surface area contributed by atoms with Crippen LogP contribution >= 0.6 is 0 Å². The molecule has 1 N–H and O–H groups in total. The maximum absolute atomic E-state index is 5.47. The van der Waals surface area contributed by atoms with Crippen molar-refractivity contribution in [3.8, 4) is 0 Å². The Kier molecular flexibility index (Phi) is 6.31. The van der Waals surface area contributed by atoms with E-state index in [2.05, 4.69) is 46.3 Å². The number of nitrogens with zero attached hydrogens (tertiary/aromatic N) is 2. The molecule has 23 heavy (non-hydrogen) atoms. The average molecular weight is 317 g/mol. The van der Waals surface area contributed by atoms with Gasteiger partial charge in [0.2, 0.25) is 0 Å². The zero-order valence-electron chi connectivity index (χ0n) is 14.5. The fourth-order valence-corrected chi connectivity index (χ4v) is 3.71. The van der Waals surface area contributed by atoms with E-state index in [1.54, 1.807) is 0 Å². The van der Waals surface area contributed by atoms with Gasteiger partial charge in [0, 0.05) is 44.5 Å². The van der Waals surface area contributed by atoms with E-state index in [9.17, 15) is 0 Å². The number of nitrogens with one attached hydrogen (secondary N) is 1. The van der Waals surface area contributed by atoms with Crippen molar-refractivity contribution >= 4 is 5.69 Å². The summed E-state index contributed by atoms with van der Waals surface area (Å²) in [4.78, 5) is 5.08. The van der Waals surface area contributed by atoms with Crippen LogP contribution in [0.15, 0.2) is 24.3 Å². The predicted molar refractivity (Wildman–Crippen MR) is 96.1 cm³/mol. The zero-order chi connectivity index (χ0) is 15.9. The van der Waals surface area contributed by atoms with E-state index in [1.165, 1.54) is 43.6 Å². The highest BCUT2D eigenvalue weighted by atomic mass is 16.5. The van der Waals surface area contributed by atoms with Crippen LogP contribution in [0.25, 0.3) is 0 Å². The molecular formula is C19H31N3O. The number of morpholine rings is 1. The highest BCUT2D eigenvalue weighted by Crippen LogP contribution is 2.21. The van der Waals surface area contributed by atoms with Gasteiger partial charge in [-0.3, -0.25) is 4.90 Å². The summed E-state index contributed by atoms with van der Waals surface area (Å²) in [5.74, 6) is 0. The van der Waals surface area contributed by atoms with Crippen LogP contribution in [0.4, 0.5) is 5.69 Å². The molecule has 0 aliphatic carbocycles. The van der Waals surface area contributed by atoms with Crippen LogP contribution in [0.1, 0.15) is 31.7 Å². The SMILES string of the molecule is C[C@@H]1CCCCN1CCNCc1ccccc1N1CCOCC1. The Morgan fingerprint density at radius 3 is 2.78 bits per heavy atom. The summed E-state index contributed by atoms with van der Waals surface area (Å²) in [5, 5.41) is 3.65. The van der Waals surface area contributed by atoms with Crippen molar-refractivity contribution in [2.24, 2.45) is 0 Å². The molecule has 3 rings (SSSR count). The van der Waals surface area contributed by atoms with Gasteiger partial charge in [0.05, 0.1) is 13.2 Å². The summed E-state index contributed by atoms with van der Waals surface area (Å²) in [7, 11) is 0. The molecule has 4 nitrogen and oxygen atoms in total. The van der Waals surface area contributed by atoms with Crippen LogP contribution in [0.2, 0.25) is 0 Å². The van der Waals surface area contributed by atoms with E-state index < -0.39 is 0 Å². The Morgan fingerprint density at radius 2 is 1.96 bits per heavy atom. The van der Waals surface area contributed by atoms with Crippen molar-refractivity contribution in [1.82, 2.24) is 10.2 Å². The summed E-state index contributed by atoms with van der Waals surface area (Å²) in [6, 6.07) is 9.54. The number of hydrogen-bond acceptors (Lipinski definition) is 4. The second-order valence-electron chi connectivity index (χ2n) is 6.79. The maximum atomic E-state index is 5.47. The summed E-state index contributed by atoms with van der Waals surface area (Å²) in [6.45, 7) is 10.5. The first-order chi connectivity index (χ1) is 11.3. The molecule has 2 saturated heterocycles. The number of ether oxygens (including phenoxy) is 1. The van der Waals surface area contributed by atoms with Crippen LogP contribution in [-0.2, 0) is 11.3 Å². The summed E-state index contributed by atoms with van der Waals surface area (Å²) in [5.41, 5.74) is 2.77. The molecule has 128 valence electrons. The molecule has 2 aliphatic heterocycles. The number of likely N-dealkylation sites (tertiary alicyclic amines) is 1. The Morgan fingerprint density at radius 1 is 1.13 bits per heavy atom. The molecule has 0 spiro atoms. The first kappa shape index (κ1) is 16.7. The van der Waals surface area contributed by atoms with Gasteiger partial charge < -0.3 is 15.0 Å². The fourth-order valence-electron chi connectivity index (χ4n) is 3.71. The van der Waals surface area contributed by atoms with Crippen molar-refractivity contribution in [3.63, 3.8) is 0 Å². The Balaban J connectivity index is 1.48. The van der Waals surface area contributed by atoms with Crippen LogP contribution in [0.3, 0.4) is 0 Å². The number of hydrogen-bond donors (Lipinski definition) is 1. The van der Waals surface area contributed by atoms with Gasteiger partial charge in [-0.15, -0.1) is 0 Å². The summed E-state index contributed by atoms with van der Waals surface area (Å²) >= 11 is 0. The lowest BCUT2D eigenvalue weighted by atomic mass is 10.0. The third-order valence-corrected chi connectivity index (χ3v) is 5.18. The minimum absolute atomic E-state index is 0.756. The van der Waals surface area contributed by atoms with Gasteiger partial charge in [-0.1, -0.05) is 24.6 Å². The van der Waals surface area contributed by atoms with Crippen LogP contribution < -0.4 is 10.2 Å². The smallest absolute Gasteiger partial charge is 0.0642 e. The van der Waals surface area contributed by atoms with Crippen LogP contribution in [-0.4, -0.2) is 56.9 Å². The maximum Gasteiger partial charge on any atom is 0.0642 e. The van der Waals surface area contributed by atoms with Gasteiger partial charge in [0.15, 0.2) is 0 Å². The van der Waals surface area contributed by atoms with Gasteiger partial charge >= 0.3 is 0 Å². The molecule has 1 atom stereocenters. The van der Waals surface area contributed by atoms with E-state index in [1.807, 2.05) is 0 Å². The highest BCUT2D eigenvalue weighted by molar-refractivity contribution is 5.53. The van der Waals surface area contributed by atoms with Gasteiger partial charge in [0.1, 0.15) is 0 Å². The van der Waals surface area contributed by atoms with E-state index in [-0.39, 0.29) is 0 Å². The Hall–Kier alpha value is -1.10. The quantitative estimate of drug-likeness (QED) is 0.816.